The van der Waals surface area contributed by atoms with Gasteiger partial charge in [0.1, 0.15) is 5.82 Å². The van der Waals surface area contributed by atoms with Crippen LogP contribution < -0.4 is 0 Å². The lowest BCUT2D eigenvalue weighted by Crippen LogP contribution is -2.26. The van der Waals surface area contributed by atoms with Crippen molar-refractivity contribution in [3.05, 3.63) is 35.6 Å². The molecule has 0 aromatic heterocycles. The molecular weight excluding hydrogens is 213 g/mol. The van der Waals surface area contributed by atoms with Crippen molar-refractivity contribution >= 4 is 0 Å². The van der Waals surface area contributed by atoms with Crippen LogP contribution in [0.2, 0.25) is 0 Å². The molecule has 0 radical (unpaired) electrons. The van der Waals surface area contributed by atoms with Gasteiger partial charge in [0.15, 0.2) is 0 Å². The van der Waals surface area contributed by atoms with E-state index in [0.29, 0.717) is 0 Å². The summed E-state index contributed by atoms with van der Waals surface area (Å²) in [7, 11) is 0. The topological polar surface area (TPSA) is 3.24 Å². The highest BCUT2D eigenvalue weighted by molar-refractivity contribution is 5.17. The van der Waals surface area contributed by atoms with Gasteiger partial charge in [-0.15, -0.1) is 0 Å². The minimum Gasteiger partial charge on any atom is -0.299 e. The second kappa shape index (κ2) is 8.24. The zero-order valence-electron chi connectivity index (χ0n) is 11.1. The summed E-state index contributed by atoms with van der Waals surface area (Å²) in [4.78, 5) is 2.37. The van der Waals surface area contributed by atoms with Crippen molar-refractivity contribution < 1.29 is 4.39 Å². The number of unbranched alkanes of at least 4 members (excludes halogenated alkanes) is 2. The summed E-state index contributed by atoms with van der Waals surface area (Å²) >= 11 is 0. The Hall–Kier alpha value is -0.890. The minimum absolute atomic E-state index is 0.0782. The van der Waals surface area contributed by atoms with E-state index >= 15 is 0 Å². The first-order valence-corrected chi connectivity index (χ1v) is 6.73. The van der Waals surface area contributed by atoms with Gasteiger partial charge < -0.3 is 0 Å². The van der Waals surface area contributed by atoms with Crippen molar-refractivity contribution in [2.24, 2.45) is 0 Å². The van der Waals surface area contributed by atoms with Crippen LogP contribution in [0.1, 0.15) is 45.1 Å². The fourth-order valence-electron chi connectivity index (χ4n) is 1.90. The average molecular weight is 237 g/mol. The van der Waals surface area contributed by atoms with Crippen molar-refractivity contribution in [1.29, 1.82) is 0 Å². The Balaban J connectivity index is 2.55. The van der Waals surface area contributed by atoms with E-state index in [1.165, 1.54) is 25.7 Å². The van der Waals surface area contributed by atoms with Crippen LogP contribution in [0.5, 0.6) is 0 Å². The molecule has 0 aliphatic rings. The average Bonchev–Trinajstić information content (AvgIpc) is 2.35. The number of rotatable bonds is 8. The van der Waals surface area contributed by atoms with E-state index in [1.807, 2.05) is 12.1 Å². The van der Waals surface area contributed by atoms with E-state index in [1.54, 1.807) is 12.1 Å². The fraction of sp³-hybridized carbons (Fsp3) is 0.600. The van der Waals surface area contributed by atoms with E-state index in [2.05, 4.69) is 18.7 Å². The molecule has 1 aromatic rings. The molecule has 1 aromatic carbocycles. The maximum atomic E-state index is 13.6. The van der Waals surface area contributed by atoms with Gasteiger partial charge in [-0.1, -0.05) is 44.9 Å². The van der Waals surface area contributed by atoms with Gasteiger partial charge in [0.05, 0.1) is 0 Å². The molecule has 96 valence electrons. The summed E-state index contributed by atoms with van der Waals surface area (Å²) < 4.78 is 13.6. The zero-order valence-corrected chi connectivity index (χ0v) is 11.1. The van der Waals surface area contributed by atoms with Gasteiger partial charge in [0.2, 0.25) is 0 Å². The van der Waals surface area contributed by atoms with Gasteiger partial charge in [-0.25, -0.2) is 4.39 Å². The molecule has 17 heavy (non-hydrogen) atoms. The molecule has 0 N–H and O–H groups in total. The first-order chi connectivity index (χ1) is 8.27. The Morgan fingerprint density at radius 2 is 1.59 bits per heavy atom. The number of hydrogen-bond acceptors (Lipinski definition) is 1. The van der Waals surface area contributed by atoms with E-state index in [0.717, 1.165) is 25.2 Å². The Labute approximate surface area is 105 Å². The van der Waals surface area contributed by atoms with Crippen LogP contribution in [0.4, 0.5) is 4.39 Å². The first kappa shape index (κ1) is 14.2. The van der Waals surface area contributed by atoms with Gasteiger partial charge in [-0.3, -0.25) is 4.90 Å². The maximum Gasteiger partial charge on any atom is 0.127 e. The molecule has 2 heteroatoms. The number of halogens is 1. The molecule has 0 spiro atoms. The minimum atomic E-state index is -0.0782. The Kier molecular flexibility index (Phi) is 6.87. The molecule has 0 aliphatic heterocycles. The summed E-state index contributed by atoms with van der Waals surface area (Å²) in [6.07, 6.45) is 4.77. The predicted octanol–water partition coefficient (Wildman–Crippen LogP) is 4.23. The van der Waals surface area contributed by atoms with E-state index < -0.39 is 0 Å². The van der Waals surface area contributed by atoms with E-state index in [-0.39, 0.29) is 5.82 Å². The summed E-state index contributed by atoms with van der Waals surface area (Å²) in [6.45, 7) is 7.28. The van der Waals surface area contributed by atoms with Gasteiger partial charge >= 0.3 is 0 Å². The maximum absolute atomic E-state index is 13.6. The SMILES string of the molecule is CCCCN(CCCC)Cc1ccccc1F. The number of nitrogens with zero attached hydrogens (tertiary/aromatic N) is 1. The molecule has 0 bridgehead atoms. The van der Waals surface area contributed by atoms with Crippen LogP contribution in [0.3, 0.4) is 0 Å². The van der Waals surface area contributed by atoms with Crippen LogP contribution in [-0.4, -0.2) is 18.0 Å². The standard InChI is InChI=1S/C15H24FN/c1-3-5-11-17(12-6-4-2)13-14-9-7-8-10-15(14)16/h7-10H,3-6,11-13H2,1-2H3. The van der Waals surface area contributed by atoms with Crippen LogP contribution in [0, 0.1) is 5.82 Å². The third-order valence-corrected chi connectivity index (χ3v) is 3.01. The molecular formula is C15H24FN. The second-order valence-corrected chi connectivity index (χ2v) is 4.57. The second-order valence-electron chi connectivity index (χ2n) is 4.57. The van der Waals surface area contributed by atoms with Gasteiger partial charge in [0.25, 0.3) is 0 Å². The molecule has 0 heterocycles. The lowest BCUT2D eigenvalue weighted by atomic mass is 10.2. The quantitative estimate of drug-likeness (QED) is 0.654. The summed E-state index contributed by atoms with van der Waals surface area (Å²) in [5.41, 5.74) is 0.819. The lowest BCUT2D eigenvalue weighted by molar-refractivity contribution is 0.253. The van der Waals surface area contributed by atoms with Gasteiger partial charge in [0, 0.05) is 12.1 Å². The smallest absolute Gasteiger partial charge is 0.127 e. The van der Waals surface area contributed by atoms with Crippen molar-refractivity contribution in [2.45, 2.75) is 46.1 Å². The molecule has 0 fully saturated rings. The highest BCUT2D eigenvalue weighted by atomic mass is 19.1. The molecule has 0 atom stereocenters. The summed E-state index contributed by atoms with van der Waals surface area (Å²) in [5, 5.41) is 0. The molecule has 1 nitrogen and oxygen atoms in total. The molecule has 0 saturated heterocycles. The highest BCUT2D eigenvalue weighted by Gasteiger charge is 2.07. The first-order valence-electron chi connectivity index (χ1n) is 6.73. The zero-order chi connectivity index (χ0) is 12.5. The molecule has 0 aliphatic carbocycles. The Morgan fingerprint density at radius 1 is 1.00 bits per heavy atom. The lowest BCUT2D eigenvalue weighted by Gasteiger charge is -2.22. The van der Waals surface area contributed by atoms with Crippen LogP contribution in [0.15, 0.2) is 24.3 Å². The van der Waals surface area contributed by atoms with Crippen molar-refractivity contribution in [3.63, 3.8) is 0 Å². The van der Waals surface area contributed by atoms with Gasteiger partial charge in [-0.2, -0.15) is 0 Å². The predicted molar refractivity (Wildman–Crippen MR) is 71.5 cm³/mol. The largest absolute Gasteiger partial charge is 0.299 e. The van der Waals surface area contributed by atoms with Crippen molar-refractivity contribution in [1.82, 2.24) is 4.90 Å². The number of hydrogen-bond donors (Lipinski definition) is 0. The third-order valence-electron chi connectivity index (χ3n) is 3.01. The normalized spacial score (nSPS) is 11.1. The Bertz CT molecular complexity index is 304. The summed E-state index contributed by atoms with van der Waals surface area (Å²) in [6, 6.07) is 7.10. The fourth-order valence-corrected chi connectivity index (χ4v) is 1.90. The molecule has 0 unspecified atom stereocenters. The van der Waals surface area contributed by atoms with Gasteiger partial charge in [-0.05, 0) is 32.0 Å². The molecule has 0 saturated carbocycles. The summed E-state index contributed by atoms with van der Waals surface area (Å²) in [5.74, 6) is -0.0782. The number of benzene rings is 1. The Morgan fingerprint density at radius 3 is 2.12 bits per heavy atom. The van der Waals surface area contributed by atoms with Crippen molar-refractivity contribution in [2.75, 3.05) is 13.1 Å². The van der Waals surface area contributed by atoms with E-state index in [9.17, 15) is 4.39 Å². The molecule has 1 rings (SSSR count). The van der Waals surface area contributed by atoms with Crippen LogP contribution in [-0.2, 0) is 6.54 Å². The molecule has 0 amide bonds. The monoisotopic (exact) mass is 237 g/mol. The van der Waals surface area contributed by atoms with Crippen molar-refractivity contribution in [3.8, 4) is 0 Å². The van der Waals surface area contributed by atoms with Crippen LogP contribution in [0.25, 0.3) is 0 Å². The van der Waals surface area contributed by atoms with Crippen LogP contribution >= 0.6 is 0 Å². The highest BCUT2D eigenvalue weighted by Crippen LogP contribution is 2.11. The third kappa shape index (κ3) is 5.31. The van der Waals surface area contributed by atoms with E-state index in [4.69, 9.17) is 0 Å².